The summed E-state index contributed by atoms with van der Waals surface area (Å²) in [4.78, 5) is 6.46. The van der Waals surface area contributed by atoms with Crippen LogP contribution in [0.3, 0.4) is 0 Å². The van der Waals surface area contributed by atoms with Crippen molar-refractivity contribution in [2.24, 2.45) is 5.92 Å². The van der Waals surface area contributed by atoms with Gasteiger partial charge in [-0.15, -0.1) is 0 Å². The van der Waals surface area contributed by atoms with Crippen molar-refractivity contribution < 1.29 is 17.3 Å². The highest BCUT2D eigenvalue weighted by atomic mass is 79.9. The van der Waals surface area contributed by atoms with Crippen LogP contribution in [-0.4, -0.2) is 26.5 Å². The van der Waals surface area contributed by atoms with Gasteiger partial charge in [0.25, 0.3) is 5.89 Å². The van der Waals surface area contributed by atoms with Crippen LogP contribution >= 0.6 is 15.9 Å². The third kappa shape index (κ3) is 3.55. The van der Waals surface area contributed by atoms with Crippen molar-refractivity contribution in [3.8, 4) is 11.7 Å². The quantitative estimate of drug-likeness (QED) is 0.569. The van der Waals surface area contributed by atoms with Gasteiger partial charge < -0.3 is 13.7 Å². The summed E-state index contributed by atoms with van der Waals surface area (Å²) in [5.41, 5.74) is 0. The van der Waals surface area contributed by atoms with E-state index in [-0.39, 0.29) is 21.7 Å². The fraction of sp³-hybridized carbons (Fsp3) is 0.316. The molecule has 1 aliphatic rings. The van der Waals surface area contributed by atoms with Crippen LogP contribution in [0.15, 0.2) is 65.9 Å². The monoisotopic (exact) mass is 450 g/mol. The number of oxazole rings is 1. The van der Waals surface area contributed by atoms with Crippen LogP contribution in [0.4, 0.5) is 5.88 Å². The molecule has 0 radical (unpaired) electrons. The van der Waals surface area contributed by atoms with Crippen molar-refractivity contribution in [2.75, 3.05) is 18.0 Å². The number of halogens is 1. The number of rotatable bonds is 4. The minimum atomic E-state index is -3.83. The number of benzene rings is 1. The molecular formula is C19H19BrN2O4S. The Morgan fingerprint density at radius 3 is 2.48 bits per heavy atom. The molecule has 0 bridgehead atoms. The molecule has 8 heteroatoms. The first-order valence-corrected chi connectivity index (χ1v) is 11.0. The van der Waals surface area contributed by atoms with Gasteiger partial charge in [0, 0.05) is 17.6 Å². The predicted molar refractivity (Wildman–Crippen MR) is 104 cm³/mol. The average molecular weight is 451 g/mol. The highest BCUT2D eigenvalue weighted by Gasteiger charge is 2.33. The zero-order valence-electron chi connectivity index (χ0n) is 14.8. The maximum atomic E-state index is 13.3. The molecule has 142 valence electrons. The van der Waals surface area contributed by atoms with Crippen molar-refractivity contribution in [2.45, 2.75) is 29.7 Å². The van der Waals surface area contributed by atoms with Gasteiger partial charge in [-0.05, 0) is 55.2 Å². The summed E-state index contributed by atoms with van der Waals surface area (Å²) in [6.45, 7) is 3.67. The smallest absolute Gasteiger partial charge is 0.266 e. The van der Waals surface area contributed by atoms with E-state index in [1.54, 1.807) is 36.4 Å². The molecule has 2 aromatic heterocycles. The summed E-state index contributed by atoms with van der Waals surface area (Å²) in [7, 11) is -3.83. The molecule has 0 aliphatic carbocycles. The first kappa shape index (κ1) is 18.3. The van der Waals surface area contributed by atoms with Crippen molar-refractivity contribution in [3.05, 3.63) is 47.1 Å². The van der Waals surface area contributed by atoms with Crippen LogP contribution in [0.2, 0.25) is 0 Å². The lowest BCUT2D eigenvalue weighted by Gasteiger charge is -2.30. The fourth-order valence-electron chi connectivity index (χ4n) is 3.12. The number of piperidine rings is 1. The molecule has 1 aliphatic heterocycles. The largest absolute Gasteiger partial charge is 0.459 e. The molecule has 1 saturated heterocycles. The van der Waals surface area contributed by atoms with Gasteiger partial charge in [0.05, 0.1) is 11.2 Å². The zero-order chi connectivity index (χ0) is 19.0. The Morgan fingerprint density at radius 1 is 1.15 bits per heavy atom. The maximum absolute atomic E-state index is 13.3. The van der Waals surface area contributed by atoms with Crippen LogP contribution in [0.1, 0.15) is 19.8 Å². The number of nitrogens with zero attached hydrogens (tertiary/aromatic N) is 2. The maximum Gasteiger partial charge on any atom is 0.266 e. The Morgan fingerprint density at radius 2 is 1.85 bits per heavy atom. The predicted octanol–water partition coefficient (Wildman–Crippen LogP) is 4.77. The fourth-order valence-corrected chi connectivity index (χ4v) is 4.70. The molecule has 0 saturated carbocycles. The minimum absolute atomic E-state index is 0.0641. The lowest BCUT2D eigenvalue weighted by molar-refractivity contribution is 0.413. The van der Waals surface area contributed by atoms with Gasteiger partial charge in [-0.25, -0.2) is 8.42 Å². The van der Waals surface area contributed by atoms with E-state index >= 15 is 0 Å². The van der Waals surface area contributed by atoms with Crippen LogP contribution in [0.5, 0.6) is 0 Å². The number of sulfone groups is 1. The zero-order valence-corrected chi connectivity index (χ0v) is 17.2. The second kappa shape index (κ2) is 7.16. The molecule has 4 rings (SSSR count). The molecule has 27 heavy (non-hydrogen) atoms. The van der Waals surface area contributed by atoms with Gasteiger partial charge in [0.1, 0.15) is 0 Å². The summed E-state index contributed by atoms with van der Waals surface area (Å²) in [6, 6.07) is 9.92. The third-order valence-electron chi connectivity index (χ3n) is 4.76. The molecule has 0 atom stereocenters. The number of aromatic nitrogens is 1. The van der Waals surface area contributed by atoms with Crippen LogP contribution in [0, 0.1) is 5.92 Å². The highest BCUT2D eigenvalue weighted by Crippen LogP contribution is 2.36. The van der Waals surface area contributed by atoms with Crippen molar-refractivity contribution in [3.63, 3.8) is 0 Å². The van der Waals surface area contributed by atoms with E-state index in [1.807, 2.05) is 4.90 Å². The minimum Gasteiger partial charge on any atom is -0.459 e. The van der Waals surface area contributed by atoms with E-state index in [9.17, 15) is 8.42 Å². The number of hydrogen-bond acceptors (Lipinski definition) is 6. The Hall–Kier alpha value is -2.06. The molecule has 0 spiro atoms. The number of hydrogen-bond donors (Lipinski definition) is 0. The lowest BCUT2D eigenvalue weighted by Crippen LogP contribution is -2.33. The van der Waals surface area contributed by atoms with Gasteiger partial charge in [0.15, 0.2) is 5.76 Å². The molecule has 3 aromatic rings. The molecule has 3 heterocycles. The standard InChI is InChI=1S/C19H19BrN2O4S/c1-13-8-10-22(11-9-13)19-18(21-17(26-19)16-3-2-12-25-16)27(23,24)15-6-4-14(20)5-7-15/h2-7,12-13H,8-11H2,1H3. The Balaban J connectivity index is 1.81. The second-order valence-corrected chi connectivity index (χ2v) is 9.51. The van der Waals surface area contributed by atoms with Crippen LogP contribution in [0.25, 0.3) is 11.7 Å². The topological polar surface area (TPSA) is 76.6 Å². The van der Waals surface area contributed by atoms with E-state index in [0.29, 0.717) is 11.7 Å². The molecule has 1 aromatic carbocycles. The summed E-state index contributed by atoms with van der Waals surface area (Å²) in [5, 5.41) is -0.0641. The second-order valence-electron chi connectivity index (χ2n) is 6.73. The molecular weight excluding hydrogens is 432 g/mol. The van der Waals surface area contributed by atoms with Gasteiger partial charge in [-0.3, -0.25) is 0 Å². The van der Waals surface area contributed by atoms with E-state index in [2.05, 4.69) is 27.8 Å². The van der Waals surface area contributed by atoms with Crippen molar-refractivity contribution >= 4 is 31.7 Å². The summed E-state index contributed by atoms with van der Waals surface area (Å²) in [5.74, 6) is 1.47. The lowest BCUT2D eigenvalue weighted by atomic mass is 9.99. The average Bonchev–Trinajstić information content (AvgIpc) is 3.33. The van der Waals surface area contributed by atoms with E-state index in [4.69, 9.17) is 8.83 Å². The summed E-state index contributed by atoms with van der Waals surface area (Å²) in [6.07, 6.45) is 3.47. The SMILES string of the molecule is CC1CCN(c2oc(-c3ccco3)nc2S(=O)(=O)c2ccc(Br)cc2)CC1. The first-order valence-electron chi connectivity index (χ1n) is 8.75. The van der Waals surface area contributed by atoms with Gasteiger partial charge >= 0.3 is 0 Å². The van der Waals surface area contributed by atoms with Crippen LogP contribution < -0.4 is 4.90 Å². The third-order valence-corrected chi connectivity index (χ3v) is 6.96. The van der Waals surface area contributed by atoms with E-state index in [0.717, 1.165) is 30.4 Å². The van der Waals surface area contributed by atoms with Gasteiger partial charge in [-0.2, -0.15) is 4.98 Å². The Labute approximate surface area is 166 Å². The molecule has 0 N–H and O–H groups in total. The van der Waals surface area contributed by atoms with Crippen LogP contribution in [-0.2, 0) is 9.84 Å². The molecule has 0 unspecified atom stereocenters. The normalized spacial score (nSPS) is 16.0. The summed E-state index contributed by atoms with van der Waals surface area (Å²) < 4.78 is 38.6. The first-order chi connectivity index (χ1) is 12.9. The van der Waals surface area contributed by atoms with Crippen molar-refractivity contribution in [1.82, 2.24) is 4.98 Å². The highest BCUT2D eigenvalue weighted by molar-refractivity contribution is 9.10. The molecule has 0 amide bonds. The molecule has 1 fully saturated rings. The van der Waals surface area contributed by atoms with Gasteiger partial charge in [-0.1, -0.05) is 22.9 Å². The Kier molecular flexibility index (Phi) is 4.86. The van der Waals surface area contributed by atoms with Crippen molar-refractivity contribution in [1.29, 1.82) is 0 Å². The van der Waals surface area contributed by atoms with Gasteiger partial charge in [0.2, 0.25) is 20.7 Å². The van der Waals surface area contributed by atoms with E-state index in [1.165, 1.54) is 6.26 Å². The number of furan rings is 1. The molecule has 6 nitrogen and oxygen atoms in total. The number of anilines is 1. The summed E-state index contributed by atoms with van der Waals surface area (Å²) >= 11 is 3.33. The van der Waals surface area contributed by atoms with E-state index < -0.39 is 9.84 Å². The Bertz CT molecular complexity index is 1020.